The van der Waals surface area contributed by atoms with Gasteiger partial charge in [-0.25, -0.2) is 4.79 Å². The molecule has 1 aromatic carbocycles. The Kier molecular flexibility index (Phi) is 6.87. The number of ether oxygens (including phenoxy) is 2. The first kappa shape index (κ1) is 16.0. The third-order valence-electron chi connectivity index (χ3n) is 2.39. The molecule has 0 heterocycles. The van der Waals surface area contributed by atoms with Gasteiger partial charge in [0.2, 0.25) is 0 Å². The highest BCUT2D eigenvalue weighted by atomic mass is 79.9. The average Bonchev–Trinajstić information content (AvgIpc) is 2.35. The second-order valence-corrected chi connectivity index (χ2v) is 5.21. The topological polar surface area (TPSA) is 47.6 Å². The van der Waals surface area contributed by atoms with Crippen molar-refractivity contribution in [2.45, 2.75) is 33.4 Å². The van der Waals surface area contributed by atoms with Crippen LogP contribution >= 0.6 is 15.9 Å². The van der Waals surface area contributed by atoms with Crippen LogP contribution in [0.3, 0.4) is 0 Å². The number of hydrogen-bond donors (Lipinski definition) is 1. The lowest BCUT2D eigenvalue weighted by atomic mass is 10.2. The number of rotatable bonds is 7. The molecule has 19 heavy (non-hydrogen) atoms. The van der Waals surface area contributed by atoms with Crippen LogP contribution in [0.5, 0.6) is 5.75 Å². The van der Waals surface area contributed by atoms with E-state index in [1.54, 1.807) is 6.92 Å². The molecule has 0 fully saturated rings. The summed E-state index contributed by atoms with van der Waals surface area (Å²) in [5.41, 5.74) is 1.01. The summed E-state index contributed by atoms with van der Waals surface area (Å²) in [6.45, 7) is 6.91. The summed E-state index contributed by atoms with van der Waals surface area (Å²) in [5, 5.41) is 3.33. The highest BCUT2D eigenvalue weighted by molar-refractivity contribution is 9.10. The molecule has 0 saturated carbocycles. The van der Waals surface area contributed by atoms with E-state index in [2.05, 4.69) is 35.1 Å². The SMILES string of the molecule is CCOC(=O)COc1c(Br)cccc1CNC(C)C. The number of nitrogens with one attached hydrogen (secondary N) is 1. The van der Waals surface area contributed by atoms with Crippen LogP contribution in [0.2, 0.25) is 0 Å². The highest BCUT2D eigenvalue weighted by Gasteiger charge is 2.11. The van der Waals surface area contributed by atoms with Gasteiger partial charge in [-0.15, -0.1) is 0 Å². The Hall–Kier alpha value is -1.07. The minimum atomic E-state index is -0.360. The van der Waals surface area contributed by atoms with Crippen LogP contribution in [0.15, 0.2) is 22.7 Å². The molecule has 106 valence electrons. The van der Waals surface area contributed by atoms with E-state index in [4.69, 9.17) is 9.47 Å². The summed E-state index contributed by atoms with van der Waals surface area (Å²) in [7, 11) is 0. The monoisotopic (exact) mass is 329 g/mol. The lowest BCUT2D eigenvalue weighted by Gasteiger charge is -2.14. The second-order valence-electron chi connectivity index (χ2n) is 4.36. The van der Waals surface area contributed by atoms with Gasteiger partial charge >= 0.3 is 5.97 Å². The van der Waals surface area contributed by atoms with E-state index >= 15 is 0 Å². The van der Waals surface area contributed by atoms with Gasteiger partial charge < -0.3 is 14.8 Å². The zero-order valence-corrected chi connectivity index (χ0v) is 13.1. The minimum Gasteiger partial charge on any atom is -0.480 e. The molecule has 1 N–H and O–H groups in total. The highest BCUT2D eigenvalue weighted by Crippen LogP contribution is 2.29. The molecule has 0 saturated heterocycles. The van der Waals surface area contributed by atoms with Gasteiger partial charge in [-0.1, -0.05) is 26.0 Å². The molecule has 1 aromatic rings. The van der Waals surface area contributed by atoms with Crippen LogP contribution in [-0.4, -0.2) is 25.2 Å². The van der Waals surface area contributed by atoms with Gasteiger partial charge in [0.05, 0.1) is 11.1 Å². The Labute approximate surface area is 122 Å². The lowest BCUT2D eigenvalue weighted by Crippen LogP contribution is -2.23. The molecular weight excluding hydrogens is 310 g/mol. The number of para-hydroxylation sites is 1. The molecule has 1 rings (SSSR count). The van der Waals surface area contributed by atoms with Crippen molar-refractivity contribution in [3.8, 4) is 5.75 Å². The van der Waals surface area contributed by atoms with Gasteiger partial charge in [-0.3, -0.25) is 0 Å². The van der Waals surface area contributed by atoms with Crippen molar-refractivity contribution >= 4 is 21.9 Å². The quantitative estimate of drug-likeness (QED) is 0.781. The van der Waals surface area contributed by atoms with Crippen molar-refractivity contribution in [2.24, 2.45) is 0 Å². The molecule has 0 aliphatic heterocycles. The normalized spacial score (nSPS) is 10.6. The molecule has 0 aliphatic rings. The van der Waals surface area contributed by atoms with Crippen LogP contribution in [0.25, 0.3) is 0 Å². The first-order valence-corrected chi connectivity index (χ1v) is 7.13. The van der Waals surface area contributed by atoms with Crippen LogP contribution in [-0.2, 0) is 16.1 Å². The molecule has 4 nitrogen and oxygen atoms in total. The molecule has 0 bridgehead atoms. The zero-order valence-electron chi connectivity index (χ0n) is 11.5. The molecule has 0 unspecified atom stereocenters. The molecule has 0 amide bonds. The number of halogens is 1. The Balaban J connectivity index is 2.71. The van der Waals surface area contributed by atoms with E-state index in [0.717, 1.165) is 10.0 Å². The predicted octanol–water partition coefficient (Wildman–Crippen LogP) is 2.89. The molecule has 0 spiro atoms. The summed E-state index contributed by atoms with van der Waals surface area (Å²) in [6.07, 6.45) is 0. The summed E-state index contributed by atoms with van der Waals surface area (Å²) >= 11 is 3.44. The standard InChI is InChI=1S/C14H20BrNO3/c1-4-18-13(17)9-19-14-11(8-16-10(2)3)6-5-7-12(14)15/h5-7,10,16H,4,8-9H2,1-3H3. The second kappa shape index (κ2) is 8.17. The Bertz CT molecular complexity index is 421. The van der Waals surface area contributed by atoms with Gasteiger partial charge in [0.1, 0.15) is 5.75 Å². The molecule has 0 radical (unpaired) electrons. The fourth-order valence-corrected chi connectivity index (χ4v) is 2.02. The maximum atomic E-state index is 11.3. The molecule has 0 aliphatic carbocycles. The largest absolute Gasteiger partial charge is 0.480 e. The fraction of sp³-hybridized carbons (Fsp3) is 0.500. The zero-order chi connectivity index (χ0) is 14.3. The van der Waals surface area contributed by atoms with Gasteiger partial charge in [-0.05, 0) is 28.9 Å². The Morgan fingerprint density at radius 3 is 2.79 bits per heavy atom. The maximum absolute atomic E-state index is 11.3. The van der Waals surface area contributed by atoms with Crippen LogP contribution in [0.1, 0.15) is 26.3 Å². The number of carbonyl (C=O) groups excluding carboxylic acids is 1. The summed E-state index contributed by atoms with van der Waals surface area (Å²) in [6, 6.07) is 6.19. The Morgan fingerprint density at radius 1 is 1.42 bits per heavy atom. The maximum Gasteiger partial charge on any atom is 0.344 e. The van der Waals surface area contributed by atoms with Gasteiger partial charge in [0, 0.05) is 18.2 Å². The number of benzene rings is 1. The molecule has 0 atom stereocenters. The van der Waals surface area contributed by atoms with Crippen molar-refractivity contribution < 1.29 is 14.3 Å². The number of carbonyl (C=O) groups is 1. The average molecular weight is 330 g/mol. The third kappa shape index (κ3) is 5.61. The summed E-state index contributed by atoms with van der Waals surface area (Å²) < 4.78 is 11.2. The smallest absolute Gasteiger partial charge is 0.344 e. The van der Waals surface area contributed by atoms with E-state index in [1.165, 1.54) is 0 Å². The van der Waals surface area contributed by atoms with Crippen molar-refractivity contribution in [3.05, 3.63) is 28.2 Å². The lowest BCUT2D eigenvalue weighted by molar-refractivity contribution is -0.145. The van der Waals surface area contributed by atoms with Crippen molar-refractivity contribution in [3.63, 3.8) is 0 Å². The van der Waals surface area contributed by atoms with Gasteiger partial charge in [0.15, 0.2) is 6.61 Å². The minimum absolute atomic E-state index is 0.0782. The first-order chi connectivity index (χ1) is 9.04. The van der Waals surface area contributed by atoms with E-state index < -0.39 is 0 Å². The van der Waals surface area contributed by atoms with Gasteiger partial charge in [0.25, 0.3) is 0 Å². The summed E-state index contributed by atoms with van der Waals surface area (Å²) in [5.74, 6) is 0.324. The van der Waals surface area contributed by atoms with Crippen molar-refractivity contribution in [1.82, 2.24) is 5.32 Å². The van der Waals surface area contributed by atoms with E-state index in [-0.39, 0.29) is 12.6 Å². The van der Waals surface area contributed by atoms with E-state index in [9.17, 15) is 4.79 Å². The van der Waals surface area contributed by atoms with Crippen LogP contribution in [0, 0.1) is 0 Å². The third-order valence-corrected chi connectivity index (χ3v) is 3.01. The van der Waals surface area contributed by atoms with Crippen LogP contribution in [0.4, 0.5) is 0 Å². The van der Waals surface area contributed by atoms with Crippen molar-refractivity contribution in [2.75, 3.05) is 13.2 Å². The summed E-state index contributed by atoms with van der Waals surface area (Å²) in [4.78, 5) is 11.3. The van der Waals surface area contributed by atoms with Crippen molar-refractivity contribution in [1.29, 1.82) is 0 Å². The number of esters is 1. The molecular formula is C14H20BrNO3. The Morgan fingerprint density at radius 2 is 2.16 bits per heavy atom. The predicted molar refractivity (Wildman–Crippen MR) is 78.2 cm³/mol. The molecule has 0 aromatic heterocycles. The first-order valence-electron chi connectivity index (χ1n) is 6.33. The molecule has 5 heteroatoms. The van der Waals surface area contributed by atoms with E-state index in [1.807, 2.05) is 18.2 Å². The van der Waals surface area contributed by atoms with Crippen LogP contribution < -0.4 is 10.1 Å². The van der Waals surface area contributed by atoms with Gasteiger partial charge in [-0.2, -0.15) is 0 Å². The van der Waals surface area contributed by atoms with E-state index in [0.29, 0.717) is 24.9 Å². The number of hydrogen-bond acceptors (Lipinski definition) is 4. The fourth-order valence-electron chi connectivity index (χ4n) is 1.50.